The van der Waals surface area contributed by atoms with Crippen LogP contribution in [0.5, 0.6) is 0 Å². The van der Waals surface area contributed by atoms with Crippen molar-refractivity contribution in [3.05, 3.63) is 58.4 Å². The van der Waals surface area contributed by atoms with E-state index in [9.17, 15) is 18.0 Å². The summed E-state index contributed by atoms with van der Waals surface area (Å²) < 4.78 is 53.1. The van der Waals surface area contributed by atoms with Crippen LogP contribution in [0.2, 0.25) is 5.02 Å². The van der Waals surface area contributed by atoms with Gasteiger partial charge in [0, 0.05) is 70.5 Å². The minimum absolute atomic E-state index is 0.0393. The van der Waals surface area contributed by atoms with Crippen molar-refractivity contribution in [1.82, 2.24) is 14.7 Å². The second-order valence-electron chi connectivity index (χ2n) is 12.5. The number of hydrogen-bond donors (Lipinski definition) is 1. The predicted molar refractivity (Wildman–Crippen MR) is 168 cm³/mol. The topological polar surface area (TPSA) is 42.1 Å². The van der Waals surface area contributed by atoms with Crippen molar-refractivity contribution in [2.45, 2.75) is 57.7 Å². The van der Waals surface area contributed by atoms with Crippen LogP contribution in [0.15, 0.2) is 36.4 Å². The summed E-state index contributed by atoms with van der Waals surface area (Å²) in [4.78, 5) is 21.8. The summed E-state index contributed by atoms with van der Waals surface area (Å²) in [5.74, 6) is -0.241. The maximum Gasteiger partial charge on any atom is 0.390 e. The van der Waals surface area contributed by atoms with Crippen molar-refractivity contribution < 1.29 is 22.4 Å². The lowest BCUT2D eigenvalue weighted by atomic mass is 9.87. The largest absolute Gasteiger partial charge is 0.390 e. The lowest BCUT2D eigenvalue weighted by molar-refractivity contribution is -0.138. The molecular formula is C33H44ClF4N5O. The van der Waals surface area contributed by atoms with Crippen LogP contribution in [-0.4, -0.2) is 92.2 Å². The van der Waals surface area contributed by atoms with Crippen LogP contribution in [0.4, 0.5) is 28.9 Å². The number of carbonyl (C=O) groups excluding carboxylic acids is 1. The fourth-order valence-electron chi connectivity index (χ4n) is 6.67. The predicted octanol–water partition coefficient (Wildman–Crippen LogP) is 6.89. The van der Waals surface area contributed by atoms with Gasteiger partial charge in [-0.25, -0.2) is 4.39 Å². The Hall–Kier alpha value is -2.40. The molecule has 1 aliphatic carbocycles. The molecule has 0 radical (unpaired) electrons. The third kappa shape index (κ3) is 9.55. The van der Waals surface area contributed by atoms with E-state index < -0.39 is 24.3 Å². The van der Waals surface area contributed by atoms with Crippen LogP contribution in [0.25, 0.3) is 0 Å². The fraction of sp³-hybridized carbons (Fsp3) is 0.606. The number of halogens is 5. The molecule has 5 rings (SSSR count). The highest BCUT2D eigenvalue weighted by atomic mass is 35.5. The Morgan fingerprint density at radius 3 is 2.18 bits per heavy atom. The molecule has 242 valence electrons. The zero-order valence-corrected chi connectivity index (χ0v) is 26.1. The quantitative estimate of drug-likeness (QED) is 0.287. The van der Waals surface area contributed by atoms with E-state index in [2.05, 4.69) is 15.1 Å². The Balaban J connectivity index is 1.12. The molecule has 1 amide bonds. The van der Waals surface area contributed by atoms with Gasteiger partial charge in [-0.3, -0.25) is 14.6 Å². The molecule has 0 spiro atoms. The third-order valence-electron chi connectivity index (χ3n) is 9.36. The second-order valence-corrected chi connectivity index (χ2v) is 13.0. The van der Waals surface area contributed by atoms with E-state index in [-0.39, 0.29) is 12.1 Å². The van der Waals surface area contributed by atoms with E-state index in [4.69, 9.17) is 11.6 Å². The summed E-state index contributed by atoms with van der Waals surface area (Å²) in [6.45, 7) is 7.62. The fourth-order valence-corrected chi connectivity index (χ4v) is 6.84. The van der Waals surface area contributed by atoms with Crippen LogP contribution >= 0.6 is 11.6 Å². The maximum atomic E-state index is 15.2. The molecular weight excluding hydrogens is 594 g/mol. The van der Waals surface area contributed by atoms with Crippen molar-refractivity contribution >= 4 is 28.9 Å². The Morgan fingerprint density at radius 2 is 1.50 bits per heavy atom. The lowest BCUT2D eigenvalue weighted by Crippen LogP contribution is -2.47. The van der Waals surface area contributed by atoms with Gasteiger partial charge in [-0.15, -0.1) is 0 Å². The number of nitrogens with one attached hydrogen (secondary N) is 1. The summed E-state index contributed by atoms with van der Waals surface area (Å²) in [7, 11) is 0. The van der Waals surface area contributed by atoms with E-state index in [1.54, 1.807) is 23.1 Å². The van der Waals surface area contributed by atoms with Gasteiger partial charge < -0.3 is 15.1 Å². The van der Waals surface area contributed by atoms with Crippen molar-refractivity contribution in [2.24, 2.45) is 5.92 Å². The summed E-state index contributed by atoms with van der Waals surface area (Å²) >= 11 is 6.26. The molecule has 2 aliphatic heterocycles. The average molecular weight is 638 g/mol. The van der Waals surface area contributed by atoms with Crippen molar-refractivity contribution in [2.75, 3.05) is 75.7 Å². The van der Waals surface area contributed by atoms with Gasteiger partial charge in [0.1, 0.15) is 5.82 Å². The highest BCUT2D eigenvalue weighted by molar-refractivity contribution is 6.31. The van der Waals surface area contributed by atoms with Gasteiger partial charge in [0.05, 0.1) is 23.4 Å². The normalized spacial score (nSPS) is 19.8. The Morgan fingerprint density at radius 1 is 0.841 bits per heavy atom. The molecule has 2 saturated heterocycles. The molecule has 11 heteroatoms. The molecule has 0 aromatic heterocycles. The van der Waals surface area contributed by atoms with Crippen LogP contribution in [0, 0.1) is 11.7 Å². The van der Waals surface area contributed by atoms with Gasteiger partial charge in [-0.2, -0.15) is 13.2 Å². The maximum absolute atomic E-state index is 15.2. The molecule has 1 N–H and O–H groups in total. The highest BCUT2D eigenvalue weighted by Gasteiger charge is 2.29. The Bertz CT molecular complexity index is 1240. The molecule has 2 heterocycles. The number of rotatable bonds is 10. The molecule has 3 aliphatic rings. The summed E-state index contributed by atoms with van der Waals surface area (Å²) in [5.41, 5.74) is 1.94. The summed E-state index contributed by atoms with van der Waals surface area (Å²) in [6.07, 6.45) is 3.20. The number of piperazine rings is 2. The molecule has 44 heavy (non-hydrogen) atoms. The van der Waals surface area contributed by atoms with Gasteiger partial charge in [-0.05, 0) is 54.8 Å². The summed E-state index contributed by atoms with van der Waals surface area (Å²) in [6, 6.07) is 9.85. The Kier molecular flexibility index (Phi) is 11.4. The summed E-state index contributed by atoms with van der Waals surface area (Å²) in [5, 5.41) is 3.30. The van der Waals surface area contributed by atoms with E-state index >= 15 is 4.39 Å². The molecule has 3 fully saturated rings. The minimum atomic E-state index is -4.18. The molecule has 0 bridgehead atoms. The van der Waals surface area contributed by atoms with E-state index in [0.717, 1.165) is 37.7 Å². The van der Waals surface area contributed by atoms with Crippen LogP contribution < -0.4 is 10.2 Å². The monoisotopic (exact) mass is 637 g/mol. The molecule has 1 saturated carbocycles. The van der Waals surface area contributed by atoms with Crippen molar-refractivity contribution in [1.29, 1.82) is 0 Å². The van der Waals surface area contributed by atoms with Gasteiger partial charge in [0.2, 0.25) is 0 Å². The first-order valence-electron chi connectivity index (χ1n) is 16.0. The number of hydrogen-bond acceptors (Lipinski definition) is 5. The van der Waals surface area contributed by atoms with Crippen molar-refractivity contribution in [3.8, 4) is 0 Å². The average Bonchev–Trinajstić information content (AvgIpc) is 3.01. The van der Waals surface area contributed by atoms with Gasteiger partial charge in [0.25, 0.3) is 5.91 Å². The number of amides is 1. The molecule has 2 aromatic carbocycles. The zero-order valence-electron chi connectivity index (χ0n) is 25.4. The number of benzene rings is 2. The highest BCUT2D eigenvalue weighted by Crippen LogP contribution is 2.32. The van der Waals surface area contributed by atoms with Crippen LogP contribution in [0.1, 0.15) is 60.9 Å². The second kappa shape index (κ2) is 15.3. The van der Waals surface area contributed by atoms with E-state index in [1.807, 2.05) is 11.0 Å². The first kappa shape index (κ1) is 33.0. The number of carbonyl (C=O) groups is 1. The smallest absolute Gasteiger partial charge is 0.367 e. The van der Waals surface area contributed by atoms with E-state index in [1.165, 1.54) is 57.2 Å². The molecule has 0 unspecified atom stereocenters. The molecule has 2 aromatic rings. The number of anilines is 2. The van der Waals surface area contributed by atoms with E-state index in [0.29, 0.717) is 49.1 Å². The zero-order chi connectivity index (χ0) is 31.1. The first-order valence-corrected chi connectivity index (χ1v) is 16.4. The number of alkyl halides is 3. The third-order valence-corrected chi connectivity index (χ3v) is 9.60. The minimum Gasteiger partial charge on any atom is -0.367 e. The standard InChI is InChI=1S/C33H44ClF4N5O/c34-27-7-9-30(31(23-27)43-20-18-41(19-21-43)13-11-33(36,37)38)39-32(44)28-8-6-26(22-29(28)35)24-42-16-14-40(15-17-42)12-10-25-4-2-1-3-5-25/h6-9,22-23,25H,1-5,10-21,24H2,(H,39,44). The molecule has 0 atom stereocenters. The van der Waals surface area contributed by atoms with Gasteiger partial charge in [-0.1, -0.05) is 49.8 Å². The van der Waals surface area contributed by atoms with Gasteiger partial charge in [0.15, 0.2) is 0 Å². The van der Waals surface area contributed by atoms with Crippen molar-refractivity contribution in [3.63, 3.8) is 0 Å². The van der Waals surface area contributed by atoms with Gasteiger partial charge >= 0.3 is 6.18 Å². The van der Waals surface area contributed by atoms with Crippen LogP contribution in [0.3, 0.4) is 0 Å². The number of nitrogens with zero attached hydrogens (tertiary/aromatic N) is 4. The Labute approximate surface area is 263 Å². The lowest BCUT2D eigenvalue weighted by Gasteiger charge is -2.37. The first-order chi connectivity index (χ1) is 21.1. The molecule has 6 nitrogen and oxygen atoms in total. The van der Waals surface area contributed by atoms with Crippen LogP contribution in [-0.2, 0) is 6.54 Å². The SMILES string of the molecule is O=C(Nc1ccc(Cl)cc1N1CCN(CCC(F)(F)F)CC1)c1ccc(CN2CCN(CCC3CCCCC3)CC2)cc1F.